The van der Waals surface area contributed by atoms with Crippen LogP contribution in [0.15, 0.2) is 72.4 Å². The number of nitrogens with zero attached hydrogens (tertiary/aromatic N) is 1. The number of benzene rings is 2. The Bertz CT molecular complexity index is 953. The lowest BCUT2D eigenvalue weighted by Crippen LogP contribution is -2.09. The van der Waals surface area contributed by atoms with Gasteiger partial charge in [-0.3, -0.25) is 0 Å². The lowest BCUT2D eigenvalue weighted by Gasteiger charge is -2.24. The van der Waals surface area contributed by atoms with Crippen LogP contribution in [0, 0.1) is 30.6 Å². The van der Waals surface area contributed by atoms with E-state index in [9.17, 15) is 5.26 Å². The van der Waals surface area contributed by atoms with Gasteiger partial charge < -0.3 is 11.5 Å². The number of allylic oxidation sites excluding steroid dienone is 6. The van der Waals surface area contributed by atoms with Crippen molar-refractivity contribution in [1.82, 2.24) is 0 Å². The summed E-state index contributed by atoms with van der Waals surface area (Å²) in [6, 6.07) is 14.4. The highest BCUT2D eigenvalue weighted by Crippen LogP contribution is 2.39. The Hall–Kier alpha value is -3.25. The molecular weight excluding hydrogens is 330 g/mol. The largest absolute Gasteiger partial charge is 0.399 e. The summed E-state index contributed by atoms with van der Waals surface area (Å²) < 4.78 is 0. The first-order chi connectivity index (χ1) is 12.8. The predicted octanol–water partition coefficient (Wildman–Crippen LogP) is 5.18. The first-order valence-corrected chi connectivity index (χ1v) is 9.05. The van der Waals surface area contributed by atoms with Crippen LogP contribution in [0.2, 0.25) is 0 Å². The van der Waals surface area contributed by atoms with Crippen LogP contribution in [-0.4, -0.2) is 0 Å². The number of hydrogen-bond acceptors (Lipinski definition) is 3. The summed E-state index contributed by atoms with van der Waals surface area (Å²) in [5.74, 6) is 0.0353. The highest BCUT2D eigenvalue weighted by atomic mass is 14.5. The summed E-state index contributed by atoms with van der Waals surface area (Å²) in [5, 5.41) is 9.48. The van der Waals surface area contributed by atoms with Crippen LogP contribution in [0.3, 0.4) is 0 Å². The highest BCUT2D eigenvalue weighted by Gasteiger charge is 2.24. The van der Waals surface area contributed by atoms with Crippen molar-refractivity contribution in [2.24, 2.45) is 5.41 Å². The van der Waals surface area contributed by atoms with E-state index >= 15 is 0 Å². The molecule has 0 aliphatic heterocycles. The second kappa shape index (κ2) is 7.17. The number of aryl methyl sites for hydroxylation is 2. The average Bonchev–Trinajstić information content (AvgIpc) is 2.81. The quantitative estimate of drug-likeness (QED) is 0.745. The molecule has 2 aromatic carbocycles. The summed E-state index contributed by atoms with van der Waals surface area (Å²) in [4.78, 5) is 0. The van der Waals surface area contributed by atoms with E-state index < -0.39 is 5.41 Å². The molecule has 1 aliphatic rings. The van der Waals surface area contributed by atoms with E-state index in [2.05, 4.69) is 44.2 Å². The van der Waals surface area contributed by atoms with E-state index in [1.54, 1.807) is 0 Å². The fraction of sp³-hybridized carbons (Fsp3) is 0.208. The van der Waals surface area contributed by atoms with Gasteiger partial charge in [-0.1, -0.05) is 42.5 Å². The number of nitriles is 1. The minimum absolute atomic E-state index is 0.0353. The molecule has 3 rings (SSSR count). The monoisotopic (exact) mass is 355 g/mol. The summed E-state index contributed by atoms with van der Waals surface area (Å²) in [5.41, 5.74) is 18.7. The summed E-state index contributed by atoms with van der Waals surface area (Å²) in [7, 11) is 0. The van der Waals surface area contributed by atoms with Gasteiger partial charge in [-0.2, -0.15) is 5.26 Å². The molecule has 0 bridgehead atoms. The zero-order valence-electron chi connectivity index (χ0n) is 16.0. The molecule has 3 heteroatoms. The fourth-order valence-corrected chi connectivity index (χ4v) is 3.58. The normalized spacial score (nSPS) is 18.9. The Kier molecular flexibility index (Phi) is 4.92. The van der Waals surface area contributed by atoms with Gasteiger partial charge in [0, 0.05) is 17.3 Å². The van der Waals surface area contributed by atoms with Crippen molar-refractivity contribution in [1.29, 1.82) is 5.26 Å². The maximum absolute atomic E-state index is 9.48. The van der Waals surface area contributed by atoms with Crippen molar-refractivity contribution in [2.75, 3.05) is 11.5 Å². The Labute approximate surface area is 161 Å². The smallest absolute Gasteiger partial charge is 0.0911 e. The Balaban J connectivity index is 2.20. The van der Waals surface area contributed by atoms with Gasteiger partial charge >= 0.3 is 0 Å². The van der Waals surface area contributed by atoms with Crippen LogP contribution >= 0.6 is 0 Å². The second-order valence-electron chi connectivity index (χ2n) is 7.42. The molecule has 0 saturated heterocycles. The number of anilines is 2. The lowest BCUT2D eigenvalue weighted by atomic mass is 9.80. The third-order valence-electron chi connectivity index (χ3n) is 5.14. The van der Waals surface area contributed by atoms with E-state index in [1.807, 2.05) is 49.4 Å². The topological polar surface area (TPSA) is 75.8 Å². The van der Waals surface area contributed by atoms with Gasteiger partial charge in [-0.25, -0.2) is 0 Å². The van der Waals surface area contributed by atoms with E-state index in [4.69, 9.17) is 11.5 Å². The van der Waals surface area contributed by atoms with Gasteiger partial charge in [0.25, 0.3) is 0 Å². The first kappa shape index (κ1) is 18.5. The molecule has 4 N–H and O–H groups in total. The molecule has 3 nitrogen and oxygen atoms in total. The van der Waals surface area contributed by atoms with Gasteiger partial charge in [-0.05, 0) is 72.9 Å². The van der Waals surface area contributed by atoms with Gasteiger partial charge in [-0.15, -0.1) is 0 Å². The maximum Gasteiger partial charge on any atom is 0.0911 e. The van der Waals surface area contributed by atoms with Crippen LogP contribution < -0.4 is 11.5 Å². The van der Waals surface area contributed by atoms with Crippen molar-refractivity contribution in [3.8, 4) is 6.07 Å². The molecule has 0 amide bonds. The second-order valence-corrected chi connectivity index (χ2v) is 7.42. The molecule has 0 spiro atoms. The SMILES string of the molecule is Cc1cc(N)ccc1C(C1=CC=CC(C)(C#N)C=C1)c1ccc(N)cc1C. The zero-order chi connectivity index (χ0) is 19.6. The Morgan fingerprint density at radius 2 is 1.48 bits per heavy atom. The molecule has 1 aliphatic carbocycles. The molecule has 0 saturated carbocycles. The van der Waals surface area contributed by atoms with Crippen molar-refractivity contribution < 1.29 is 0 Å². The molecule has 0 fully saturated rings. The zero-order valence-corrected chi connectivity index (χ0v) is 16.0. The number of rotatable bonds is 3. The van der Waals surface area contributed by atoms with Crippen LogP contribution in [0.1, 0.15) is 35.1 Å². The minimum Gasteiger partial charge on any atom is -0.399 e. The molecule has 0 heterocycles. The van der Waals surface area contributed by atoms with Crippen LogP contribution in [0.25, 0.3) is 0 Å². The molecule has 136 valence electrons. The number of nitrogens with two attached hydrogens (primary N) is 2. The standard InChI is InChI=1S/C24H25N3/c1-16-13-19(26)6-8-21(16)23(22-9-7-20(27)14-17(22)2)18-5-4-11-24(3,15-25)12-10-18/h4-14,23H,26-27H2,1-3H3. The molecule has 2 aromatic rings. The van der Waals surface area contributed by atoms with Crippen LogP contribution in [0.5, 0.6) is 0 Å². The number of nitrogen functional groups attached to an aromatic ring is 2. The molecule has 27 heavy (non-hydrogen) atoms. The van der Waals surface area contributed by atoms with E-state index in [-0.39, 0.29) is 5.92 Å². The van der Waals surface area contributed by atoms with Gasteiger partial charge in [0.2, 0.25) is 0 Å². The molecule has 1 unspecified atom stereocenters. The first-order valence-electron chi connectivity index (χ1n) is 9.05. The molecule has 0 aromatic heterocycles. The summed E-state index contributed by atoms with van der Waals surface area (Å²) in [6.07, 6.45) is 10.0. The van der Waals surface area contributed by atoms with Crippen molar-refractivity contribution in [3.63, 3.8) is 0 Å². The van der Waals surface area contributed by atoms with E-state index in [0.29, 0.717) is 0 Å². The molecule has 1 atom stereocenters. The van der Waals surface area contributed by atoms with E-state index in [1.165, 1.54) is 11.1 Å². The number of hydrogen-bond donors (Lipinski definition) is 2. The molecule has 0 radical (unpaired) electrons. The third kappa shape index (κ3) is 3.80. The lowest BCUT2D eigenvalue weighted by molar-refractivity contribution is 0.736. The van der Waals surface area contributed by atoms with Crippen LogP contribution in [-0.2, 0) is 0 Å². The van der Waals surface area contributed by atoms with Crippen molar-refractivity contribution >= 4 is 11.4 Å². The van der Waals surface area contributed by atoms with E-state index in [0.717, 1.165) is 28.1 Å². The van der Waals surface area contributed by atoms with Crippen molar-refractivity contribution in [3.05, 3.63) is 94.6 Å². The Morgan fingerprint density at radius 1 is 0.926 bits per heavy atom. The third-order valence-corrected chi connectivity index (χ3v) is 5.14. The van der Waals surface area contributed by atoms with Gasteiger partial charge in [0.15, 0.2) is 0 Å². The maximum atomic E-state index is 9.48. The van der Waals surface area contributed by atoms with Gasteiger partial charge in [0.05, 0.1) is 11.5 Å². The predicted molar refractivity (Wildman–Crippen MR) is 113 cm³/mol. The van der Waals surface area contributed by atoms with Crippen LogP contribution in [0.4, 0.5) is 11.4 Å². The fourth-order valence-electron chi connectivity index (χ4n) is 3.58. The highest BCUT2D eigenvalue weighted by molar-refractivity contribution is 5.57. The summed E-state index contributed by atoms with van der Waals surface area (Å²) >= 11 is 0. The summed E-state index contributed by atoms with van der Waals surface area (Å²) in [6.45, 7) is 6.08. The molecular formula is C24H25N3. The van der Waals surface area contributed by atoms with Gasteiger partial charge in [0.1, 0.15) is 0 Å². The minimum atomic E-state index is -0.602. The Morgan fingerprint density at radius 3 is 1.96 bits per heavy atom. The average molecular weight is 355 g/mol. The van der Waals surface area contributed by atoms with Crippen molar-refractivity contribution in [2.45, 2.75) is 26.7 Å².